The van der Waals surface area contributed by atoms with Crippen LogP contribution in [-0.4, -0.2) is 75.9 Å². The van der Waals surface area contributed by atoms with Gasteiger partial charge in [-0.2, -0.15) is 10.2 Å². The minimum absolute atomic E-state index is 0.0101. The quantitative estimate of drug-likeness (QED) is 0.0261. The van der Waals surface area contributed by atoms with Gasteiger partial charge < -0.3 is 28.4 Å². The van der Waals surface area contributed by atoms with Crippen molar-refractivity contribution in [3.8, 4) is 11.5 Å². The van der Waals surface area contributed by atoms with Crippen molar-refractivity contribution >= 4 is 58.5 Å². The zero-order valence-electron chi connectivity index (χ0n) is 34.5. The maximum atomic E-state index is 13.7. The van der Waals surface area contributed by atoms with E-state index >= 15 is 0 Å². The maximum Gasteiger partial charge on any atom is 0.320 e. The van der Waals surface area contributed by atoms with E-state index in [9.17, 15) is 19.2 Å². The molecule has 2 unspecified atom stereocenters. The summed E-state index contributed by atoms with van der Waals surface area (Å²) < 4.78 is 32.6. The van der Waals surface area contributed by atoms with E-state index in [4.69, 9.17) is 61.8 Å². The van der Waals surface area contributed by atoms with Crippen molar-refractivity contribution in [3.63, 3.8) is 0 Å². The van der Waals surface area contributed by atoms with Gasteiger partial charge >= 0.3 is 23.9 Å². The lowest BCUT2D eigenvalue weighted by atomic mass is 9.80. The van der Waals surface area contributed by atoms with Crippen LogP contribution in [0, 0.1) is 11.8 Å². The summed E-state index contributed by atoms with van der Waals surface area (Å²) in [6, 6.07) is 27.8. The Labute approximate surface area is 360 Å². The molecular formula is C46H50Cl2N2O10. The highest BCUT2D eigenvalue weighted by molar-refractivity contribution is 6.31. The normalized spacial score (nSPS) is 12.7. The van der Waals surface area contributed by atoms with E-state index < -0.39 is 47.5 Å². The molecule has 0 fully saturated rings. The van der Waals surface area contributed by atoms with Gasteiger partial charge in [-0.05, 0) is 98.5 Å². The summed E-state index contributed by atoms with van der Waals surface area (Å²) in [4.78, 5) is 54.7. The van der Waals surface area contributed by atoms with E-state index in [0.29, 0.717) is 55.2 Å². The number of esters is 4. The van der Waals surface area contributed by atoms with Crippen LogP contribution in [0.3, 0.4) is 0 Å². The number of nitrogens with zero attached hydrogens (tertiary/aromatic N) is 2. The van der Waals surface area contributed by atoms with E-state index in [0.717, 1.165) is 0 Å². The molecule has 12 nitrogen and oxygen atoms in total. The lowest BCUT2D eigenvalue weighted by Crippen LogP contribution is -2.35. The predicted octanol–water partition coefficient (Wildman–Crippen LogP) is 9.04. The van der Waals surface area contributed by atoms with Gasteiger partial charge in [-0.25, -0.2) is 0 Å². The van der Waals surface area contributed by atoms with Crippen LogP contribution in [-0.2, 0) is 38.1 Å². The third kappa shape index (κ3) is 12.9. The second-order valence-electron chi connectivity index (χ2n) is 13.2. The lowest BCUT2D eigenvalue weighted by Gasteiger charge is -2.26. The largest absolute Gasteiger partial charge is 0.497 e. The molecule has 0 amide bonds. The molecule has 4 aromatic carbocycles. The summed E-state index contributed by atoms with van der Waals surface area (Å²) in [6.07, 6.45) is -0.0202. The molecule has 0 saturated heterocycles. The first-order valence-electron chi connectivity index (χ1n) is 19.6. The van der Waals surface area contributed by atoms with Crippen LogP contribution in [0.4, 0.5) is 0 Å². The molecule has 4 aromatic rings. The second-order valence-corrected chi connectivity index (χ2v) is 14.1. The monoisotopic (exact) mass is 860 g/mol. The fraction of sp³-hybridized carbons (Fsp3) is 0.348. The number of halogens is 2. The van der Waals surface area contributed by atoms with E-state index in [1.165, 1.54) is 14.2 Å². The van der Waals surface area contributed by atoms with E-state index in [1.807, 2.05) is 0 Å². The SMILES string of the molecule is CCOC(=O)C(C(=O)OCC)C(C/C(=N\N=C(/CC(c1ccc(OC)cc1)C(C(=O)OCC)C(=O)OCC)c1ccc(Cl)cc1)c1ccc(Cl)cc1)c1ccc(OC)cc1. The highest BCUT2D eigenvalue weighted by Gasteiger charge is 2.41. The molecule has 14 heteroatoms. The van der Waals surface area contributed by atoms with Gasteiger partial charge in [0.1, 0.15) is 11.5 Å². The summed E-state index contributed by atoms with van der Waals surface area (Å²) in [6.45, 7) is 6.76. The number of hydrogen-bond acceptors (Lipinski definition) is 12. The Morgan fingerprint density at radius 1 is 0.467 bits per heavy atom. The molecule has 0 saturated carbocycles. The molecule has 2 atom stereocenters. The smallest absolute Gasteiger partial charge is 0.320 e. The number of rotatable bonds is 21. The maximum absolute atomic E-state index is 13.7. The standard InChI is InChI=1S/C46H50Cl2N2O10/c1-7-57-43(51)41(44(52)58-8-2)37(29-15-23-35(55-5)24-16-29)27-39(31-11-19-33(47)20-12-31)49-50-40(32-13-21-34(48)22-14-32)28-38(30-17-25-36(56-6)26-18-30)42(45(53)59-9-3)46(54)60-10-4/h11-26,37-38,41-42H,7-10,27-28H2,1-6H3/b49-39+,50-40+. The first kappa shape index (κ1) is 47.0. The van der Waals surface area contributed by atoms with Crippen molar-refractivity contribution in [3.05, 3.63) is 129 Å². The molecule has 0 aliphatic heterocycles. The predicted molar refractivity (Wildman–Crippen MR) is 230 cm³/mol. The minimum Gasteiger partial charge on any atom is -0.497 e. The van der Waals surface area contributed by atoms with Gasteiger partial charge in [0.15, 0.2) is 11.8 Å². The van der Waals surface area contributed by atoms with Gasteiger partial charge in [0.2, 0.25) is 0 Å². The van der Waals surface area contributed by atoms with Gasteiger partial charge in [0.05, 0.1) is 52.1 Å². The molecule has 318 valence electrons. The van der Waals surface area contributed by atoms with Crippen molar-refractivity contribution in [2.24, 2.45) is 22.0 Å². The summed E-state index contributed by atoms with van der Waals surface area (Å²) in [5, 5.41) is 10.7. The summed E-state index contributed by atoms with van der Waals surface area (Å²) in [7, 11) is 3.07. The number of carbonyl (C=O) groups excluding carboxylic acids is 4. The van der Waals surface area contributed by atoms with Crippen molar-refractivity contribution in [1.82, 2.24) is 0 Å². The van der Waals surface area contributed by atoms with E-state index in [2.05, 4.69) is 0 Å². The molecule has 0 radical (unpaired) electrons. The number of methoxy groups -OCH3 is 2. The van der Waals surface area contributed by atoms with Gasteiger partial charge in [-0.15, -0.1) is 0 Å². The molecule has 4 rings (SSSR count). The number of carbonyl (C=O) groups is 4. The first-order valence-corrected chi connectivity index (χ1v) is 20.3. The number of hydrogen-bond donors (Lipinski definition) is 0. The van der Waals surface area contributed by atoms with Gasteiger partial charge in [-0.3, -0.25) is 19.2 Å². The third-order valence-corrected chi connectivity index (χ3v) is 10.0. The zero-order valence-corrected chi connectivity index (χ0v) is 36.0. The van der Waals surface area contributed by atoms with Crippen molar-refractivity contribution in [1.29, 1.82) is 0 Å². The van der Waals surface area contributed by atoms with Gasteiger partial charge in [0, 0.05) is 34.7 Å². The molecular weight excluding hydrogens is 811 g/mol. The molecule has 0 aliphatic rings. The lowest BCUT2D eigenvalue weighted by molar-refractivity contribution is -0.164. The van der Waals surface area contributed by atoms with Crippen molar-refractivity contribution < 1.29 is 47.6 Å². The Bertz CT molecular complexity index is 1900. The van der Waals surface area contributed by atoms with E-state index in [1.54, 1.807) is 125 Å². The Kier molecular flexibility index (Phi) is 18.6. The Balaban J connectivity index is 2.01. The zero-order chi connectivity index (χ0) is 43.6. The van der Waals surface area contributed by atoms with Crippen LogP contribution >= 0.6 is 23.2 Å². The summed E-state index contributed by atoms with van der Waals surface area (Å²) >= 11 is 12.7. The van der Waals surface area contributed by atoms with Gasteiger partial charge in [-0.1, -0.05) is 71.7 Å². The molecule has 0 heterocycles. The molecule has 0 N–H and O–H groups in total. The Morgan fingerprint density at radius 2 is 0.750 bits per heavy atom. The van der Waals surface area contributed by atoms with Crippen LogP contribution in [0.25, 0.3) is 0 Å². The summed E-state index contributed by atoms with van der Waals surface area (Å²) in [5.74, 6) is -6.39. The fourth-order valence-electron chi connectivity index (χ4n) is 6.59. The molecule has 0 bridgehead atoms. The third-order valence-electron chi connectivity index (χ3n) is 9.53. The van der Waals surface area contributed by atoms with Crippen LogP contribution in [0.15, 0.2) is 107 Å². The van der Waals surface area contributed by atoms with E-state index in [-0.39, 0.29) is 39.3 Å². The topological polar surface area (TPSA) is 148 Å². The minimum atomic E-state index is -1.38. The van der Waals surface area contributed by atoms with Crippen molar-refractivity contribution in [2.75, 3.05) is 40.6 Å². The first-order chi connectivity index (χ1) is 29.0. The highest BCUT2D eigenvalue weighted by Crippen LogP contribution is 2.36. The highest BCUT2D eigenvalue weighted by atomic mass is 35.5. The summed E-state index contributed by atoms with van der Waals surface area (Å²) in [5.41, 5.74) is 3.13. The Hall–Kier alpha value is -5.72. The molecule has 60 heavy (non-hydrogen) atoms. The molecule has 0 aromatic heterocycles. The number of benzene rings is 4. The van der Waals surface area contributed by atoms with Gasteiger partial charge in [0.25, 0.3) is 0 Å². The molecule has 0 spiro atoms. The average molecular weight is 862 g/mol. The van der Waals surface area contributed by atoms with Crippen LogP contribution < -0.4 is 9.47 Å². The number of ether oxygens (including phenoxy) is 6. The van der Waals surface area contributed by atoms with Crippen molar-refractivity contribution in [2.45, 2.75) is 52.4 Å². The Morgan fingerprint density at radius 3 is 1.00 bits per heavy atom. The average Bonchev–Trinajstić information content (AvgIpc) is 3.25. The molecule has 0 aliphatic carbocycles. The second kappa shape index (κ2) is 23.8. The fourth-order valence-corrected chi connectivity index (χ4v) is 6.84. The van der Waals surface area contributed by atoms with Crippen LogP contribution in [0.1, 0.15) is 74.6 Å². The van der Waals surface area contributed by atoms with Crippen LogP contribution in [0.5, 0.6) is 11.5 Å². The van der Waals surface area contributed by atoms with Crippen LogP contribution in [0.2, 0.25) is 10.0 Å².